The van der Waals surface area contributed by atoms with Crippen molar-refractivity contribution in [3.05, 3.63) is 54.2 Å². The molecule has 0 fully saturated rings. The Labute approximate surface area is 88.6 Å². The molecule has 0 unspecified atom stereocenters. The fraction of sp³-hybridized carbons (Fsp3) is 0. The van der Waals surface area contributed by atoms with Gasteiger partial charge < -0.3 is 4.74 Å². The maximum Gasteiger partial charge on any atom is 0.219 e. The largest absolute Gasteiger partial charge is 0.438 e. The van der Waals surface area contributed by atoms with Crippen molar-refractivity contribution in [2.75, 3.05) is 0 Å². The highest BCUT2D eigenvalue weighted by atomic mass is 16.5. The second kappa shape index (κ2) is 4.30. The average Bonchev–Trinajstić information content (AvgIpc) is 2.31. The molecule has 0 amide bonds. The molecule has 0 saturated carbocycles. The van der Waals surface area contributed by atoms with Gasteiger partial charge in [-0.15, -0.1) is 6.42 Å². The summed E-state index contributed by atoms with van der Waals surface area (Å²) in [5.41, 5.74) is 0.725. The molecule has 0 radical (unpaired) electrons. The van der Waals surface area contributed by atoms with Gasteiger partial charge in [0.1, 0.15) is 5.75 Å². The molecule has 0 spiro atoms. The summed E-state index contributed by atoms with van der Waals surface area (Å²) in [5, 5.41) is 0. The van der Waals surface area contributed by atoms with Crippen LogP contribution in [0, 0.1) is 12.3 Å². The smallest absolute Gasteiger partial charge is 0.219 e. The summed E-state index contributed by atoms with van der Waals surface area (Å²) < 4.78 is 5.55. The van der Waals surface area contributed by atoms with Crippen LogP contribution in [0.1, 0.15) is 5.56 Å². The average molecular weight is 195 g/mol. The molecule has 0 aliphatic rings. The van der Waals surface area contributed by atoms with Crippen LogP contribution in [0.25, 0.3) is 0 Å². The van der Waals surface area contributed by atoms with Crippen LogP contribution in [-0.4, -0.2) is 4.98 Å². The van der Waals surface area contributed by atoms with Crippen LogP contribution >= 0.6 is 0 Å². The quantitative estimate of drug-likeness (QED) is 0.687. The number of nitrogens with zero attached hydrogens (tertiary/aromatic N) is 1. The SMILES string of the molecule is C#Cc1ccccc1Oc1ccccn1. The van der Waals surface area contributed by atoms with Gasteiger partial charge in [0.25, 0.3) is 0 Å². The zero-order chi connectivity index (χ0) is 10.5. The molecule has 0 aliphatic carbocycles. The Morgan fingerprint density at radius 2 is 1.87 bits per heavy atom. The van der Waals surface area contributed by atoms with Gasteiger partial charge in [0.05, 0.1) is 5.56 Å². The van der Waals surface area contributed by atoms with E-state index < -0.39 is 0 Å². The third kappa shape index (κ3) is 2.15. The van der Waals surface area contributed by atoms with Crippen molar-refractivity contribution in [3.63, 3.8) is 0 Å². The van der Waals surface area contributed by atoms with Crippen molar-refractivity contribution in [3.8, 4) is 24.0 Å². The zero-order valence-electron chi connectivity index (χ0n) is 8.05. The lowest BCUT2D eigenvalue weighted by atomic mass is 10.2. The number of ether oxygens (including phenoxy) is 1. The Balaban J connectivity index is 2.29. The van der Waals surface area contributed by atoms with E-state index in [1.165, 1.54) is 0 Å². The van der Waals surface area contributed by atoms with Gasteiger partial charge >= 0.3 is 0 Å². The highest BCUT2D eigenvalue weighted by Crippen LogP contribution is 2.22. The van der Waals surface area contributed by atoms with E-state index in [-0.39, 0.29) is 0 Å². The number of terminal acetylenes is 1. The van der Waals surface area contributed by atoms with E-state index in [9.17, 15) is 0 Å². The van der Waals surface area contributed by atoms with Gasteiger partial charge in [-0.3, -0.25) is 0 Å². The lowest BCUT2D eigenvalue weighted by molar-refractivity contribution is 0.461. The second-order valence-corrected chi connectivity index (χ2v) is 2.91. The maximum absolute atomic E-state index is 5.55. The molecule has 0 atom stereocenters. The van der Waals surface area contributed by atoms with Gasteiger partial charge in [-0.1, -0.05) is 24.1 Å². The Bertz CT molecular complexity index is 485. The van der Waals surface area contributed by atoms with Crippen LogP contribution in [-0.2, 0) is 0 Å². The minimum atomic E-state index is 0.542. The summed E-state index contributed by atoms with van der Waals surface area (Å²) >= 11 is 0. The molecule has 72 valence electrons. The number of pyridine rings is 1. The number of para-hydroxylation sites is 1. The van der Waals surface area contributed by atoms with Crippen molar-refractivity contribution in [1.29, 1.82) is 0 Å². The minimum Gasteiger partial charge on any atom is -0.438 e. The molecule has 1 aromatic heterocycles. The third-order valence-corrected chi connectivity index (χ3v) is 1.89. The molecule has 2 nitrogen and oxygen atoms in total. The molecular formula is C13H9NO. The Hall–Kier alpha value is -2.27. The van der Waals surface area contributed by atoms with Crippen LogP contribution in [0.4, 0.5) is 0 Å². The summed E-state index contributed by atoms with van der Waals surface area (Å²) in [5.74, 6) is 3.76. The Morgan fingerprint density at radius 3 is 2.60 bits per heavy atom. The van der Waals surface area contributed by atoms with Crippen LogP contribution in [0.3, 0.4) is 0 Å². The first-order valence-corrected chi connectivity index (χ1v) is 4.54. The fourth-order valence-corrected chi connectivity index (χ4v) is 1.20. The molecule has 0 N–H and O–H groups in total. The lowest BCUT2D eigenvalue weighted by Crippen LogP contribution is -1.89. The number of benzene rings is 1. The van der Waals surface area contributed by atoms with Gasteiger partial charge in [0.15, 0.2) is 0 Å². The first-order chi connectivity index (χ1) is 7.40. The summed E-state index contributed by atoms with van der Waals surface area (Å²) in [7, 11) is 0. The Morgan fingerprint density at radius 1 is 1.07 bits per heavy atom. The van der Waals surface area contributed by atoms with Crippen molar-refractivity contribution in [2.45, 2.75) is 0 Å². The topological polar surface area (TPSA) is 22.1 Å². The van der Waals surface area contributed by atoms with Crippen molar-refractivity contribution < 1.29 is 4.74 Å². The predicted octanol–water partition coefficient (Wildman–Crippen LogP) is 2.86. The molecule has 0 bridgehead atoms. The van der Waals surface area contributed by atoms with Gasteiger partial charge in [0, 0.05) is 12.3 Å². The van der Waals surface area contributed by atoms with Gasteiger partial charge in [-0.2, -0.15) is 0 Å². The first-order valence-electron chi connectivity index (χ1n) is 4.54. The molecule has 1 heterocycles. The van der Waals surface area contributed by atoms with Gasteiger partial charge in [0.2, 0.25) is 5.88 Å². The highest BCUT2D eigenvalue weighted by Gasteiger charge is 2.01. The number of rotatable bonds is 2. The van der Waals surface area contributed by atoms with E-state index in [1.54, 1.807) is 12.3 Å². The van der Waals surface area contributed by atoms with E-state index >= 15 is 0 Å². The molecule has 0 saturated heterocycles. The van der Waals surface area contributed by atoms with Crippen LogP contribution in [0.5, 0.6) is 11.6 Å². The normalized spacial score (nSPS) is 9.27. The predicted molar refractivity (Wildman–Crippen MR) is 58.7 cm³/mol. The maximum atomic E-state index is 5.55. The summed E-state index contributed by atoms with van der Waals surface area (Å²) in [6.45, 7) is 0. The molecule has 1 aromatic carbocycles. The monoisotopic (exact) mass is 195 g/mol. The number of hydrogen-bond donors (Lipinski definition) is 0. The van der Waals surface area contributed by atoms with Gasteiger partial charge in [-0.25, -0.2) is 4.98 Å². The van der Waals surface area contributed by atoms with E-state index in [1.807, 2.05) is 36.4 Å². The van der Waals surface area contributed by atoms with E-state index in [4.69, 9.17) is 11.2 Å². The van der Waals surface area contributed by atoms with Crippen molar-refractivity contribution in [2.24, 2.45) is 0 Å². The first kappa shape index (κ1) is 9.29. The van der Waals surface area contributed by atoms with E-state index in [0.29, 0.717) is 11.6 Å². The zero-order valence-corrected chi connectivity index (χ0v) is 8.05. The minimum absolute atomic E-state index is 0.542. The molecule has 2 rings (SSSR count). The summed E-state index contributed by atoms with van der Waals surface area (Å²) in [6.07, 6.45) is 7.03. The molecule has 2 heteroatoms. The van der Waals surface area contributed by atoms with E-state index in [2.05, 4.69) is 10.9 Å². The molecule has 0 aliphatic heterocycles. The van der Waals surface area contributed by atoms with Gasteiger partial charge in [-0.05, 0) is 18.2 Å². The molecular weight excluding hydrogens is 186 g/mol. The highest BCUT2D eigenvalue weighted by molar-refractivity contribution is 5.45. The molecule has 15 heavy (non-hydrogen) atoms. The van der Waals surface area contributed by atoms with Crippen LogP contribution in [0.2, 0.25) is 0 Å². The van der Waals surface area contributed by atoms with Crippen molar-refractivity contribution in [1.82, 2.24) is 4.98 Å². The fourth-order valence-electron chi connectivity index (χ4n) is 1.20. The van der Waals surface area contributed by atoms with Crippen molar-refractivity contribution >= 4 is 0 Å². The summed E-state index contributed by atoms with van der Waals surface area (Å²) in [4.78, 5) is 4.06. The lowest BCUT2D eigenvalue weighted by Gasteiger charge is -2.05. The Kier molecular flexibility index (Phi) is 2.66. The summed E-state index contributed by atoms with van der Waals surface area (Å²) in [6, 6.07) is 12.9. The third-order valence-electron chi connectivity index (χ3n) is 1.89. The number of aromatic nitrogens is 1. The van der Waals surface area contributed by atoms with Crippen LogP contribution < -0.4 is 4.74 Å². The second-order valence-electron chi connectivity index (χ2n) is 2.91. The van der Waals surface area contributed by atoms with Crippen LogP contribution in [0.15, 0.2) is 48.7 Å². The number of hydrogen-bond acceptors (Lipinski definition) is 2. The molecule has 2 aromatic rings. The van der Waals surface area contributed by atoms with E-state index in [0.717, 1.165) is 5.56 Å². The standard InChI is InChI=1S/C13H9NO/c1-2-11-7-3-4-8-12(11)15-13-9-5-6-10-14-13/h1,3-10H.